The van der Waals surface area contributed by atoms with Crippen LogP contribution in [0.2, 0.25) is 0 Å². The van der Waals surface area contributed by atoms with Gasteiger partial charge in [-0.3, -0.25) is 4.79 Å². The standard InChI is InChI=1S/C14H22N2O2/c1-5-18-14(3,4)9-16-13(17)11-7-6-10(2)8-12(11)15/h6-8H,5,9,15H2,1-4H3,(H,16,17). The number of aryl methyl sites for hydroxylation is 1. The SMILES string of the molecule is CCOC(C)(C)CNC(=O)c1ccc(C)cc1N. The van der Waals surface area contributed by atoms with E-state index in [1.165, 1.54) is 0 Å². The molecule has 18 heavy (non-hydrogen) atoms. The minimum atomic E-state index is -0.371. The summed E-state index contributed by atoms with van der Waals surface area (Å²) in [6, 6.07) is 5.41. The van der Waals surface area contributed by atoms with Gasteiger partial charge in [0.25, 0.3) is 5.91 Å². The summed E-state index contributed by atoms with van der Waals surface area (Å²) in [5.74, 6) is -0.166. The molecule has 0 bridgehead atoms. The zero-order chi connectivity index (χ0) is 13.8. The lowest BCUT2D eigenvalue weighted by atomic mass is 10.1. The van der Waals surface area contributed by atoms with Gasteiger partial charge in [-0.15, -0.1) is 0 Å². The Hall–Kier alpha value is -1.55. The number of benzene rings is 1. The second kappa shape index (κ2) is 5.87. The molecule has 100 valence electrons. The highest BCUT2D eigenvalue weighted by Crippen LogP contribution is 2.14. The molecular formula is C14H22N2O2. The highest BCUT2D eigenvalue weighted by molar-refractivity contribution is 5.99. The molecule has 4 nitrogen and oxygen atoms in total. The molecule has 0 spiro atoms. The van der Waals surface area contributed by atoms with E-state index in [0.717, 1.165) is 5.56 Å². The average Bonchev–Trinajstić information content (AvgIpc) is 2.26. The van der Waals surface area contributed by atoms with Crippen LogP contribution in [0, 0.1) is 6.92 Å². The molecule has 0 radical (unpaired) electrons. The molecule has 0 aromatic heterocycles. The number of carbonyl (C=O) groups is 1. The van der Waals surface area contributed by atoms with Crippen molar-refractivity contribution in [2.24, 2.45) is 0 Å². The number of ether oxygens (including phenoxy) is 1. The Bertz CT molecular complexity index is 428. The summed E-state index contributed by atoms with van der Waals surface area (Å²) in [6.45, 7) is 8.82. The molecule has 0 saturated carbocycles. The van der Waals surface area contributed by atoms with Crippen molar-refractivity contribution in [2.45, 2.75) is 33.3 Å². The molecule has 1 aromatic carbocycles. The van der Waals surface area contributed by atoms with Crippen LogP contribution in [-0.4, -0.2) is 24.7 Å². The lowest BCUT2D eigenvalue weighted by molar-refractivity contribution is -0.00815. The van der Waals surface area contributed by atoms with Crippen molar-refractivity contribution in [3.63, 3.8) is 0 Å². The summed E-state index contributed by atoms with van der Waals surface area (Å²) in [5.41, 5.74) is 7.51. The monoisotopic (exact) mass is 250 g/mol. The van der Waals surface area contributed by atoms with Crippen LogP contribution in [-0.2, 0) is 4.74 Å². The van der Waals surface area contributed by atoms with Gasteiger partial charge >= 0.3 is 0 Å². The first-order valence-electron chi connectivity index (χ1n) is 6.14. The maximum Gasteiger partial charge on any atom is 0.253 e. The van der Waals surface area contributed by atoms with E-state index >= 15 is 0 Å². The van der Waals surface area contributed by atoms with Crippen LogP contribution in [0.1, 0.15) is 36.7 Å². The van der Waals surface area contributed by atoms with Crippen molar-refractivity contribution in [1.29, 1.82) is 0 Å². The number of hydrogen-bond donors (Lipinski definition) is 2. The molecule has 1 amide bonds. The van der Waals surface area contributed by atoms with Crippen molar-refractivity contribution in [3.8, 4) is 0 Å². The van der Waals surface area contributed by atoms with Gasteiger partial charge in [-0.1, -0.05) is 6.07 Å². The van der Waals surface area contributed by atoms with E-state index in [0.29, 0.717) is 24.4 Å². The van der Waals surface area contributed by atoms with Crippen LogP contribution in [0.3, 0.4) is 0 Å². The van der Waals surface area contributed by atoms with Gasteiger partial charge in [0.15, 0.2) is 0 Å². The van der Waals surface area contributed by atoms with Crippen LogP contribution in [0.25, 0.3) is 0 Å². The topological polar surface area (TPSA) is 64.3 Å². The molecule has 4 heteroatoms. The summed E-state index contributed by atoms with van der Waals surface area (Å²) in [7, 11) is 0. The molecule has 3 N–H and O–H groups in total. The molecule has 0 atom stereocenters. The van der Waals surface area contributed by atoms with Crippen molar-refractivity contribution >= 4 is 11.6 Å². The fourth-order valence-corrected chi connectivity index (χ4v) is 1.72. The van der Waals surface area contributed by atoms with E-state index in [1.54, 1.807) is 12.1 Å². The second-order valence-corrected chi connectivity index (χ2v) is 4.97. The molecule has 1 rings (SSSR count). The predicted octanol–water partition coefficient (Wildman–Crippen LogP) is 2.12. The third kappa shape index (κ3) is 4.04. The van der Waals surface area contributed by atoms with Gasteiger partial charge in [-0.2, -0.15) is 0 Å². The predicted molar refractivity (Wildman–Crippen MR) is 73.6 cm³/mol. The highest BCUT2D eigenvalue weighted by atomic mass is 16.5. The molecule has 0 aliphatic heterocycles. The third-order valence-electron chi connectivity index (χ3n) is 2.66. The fraction of sp³-hybridized carbons (Fsp3) is 0.500. The van der Waals surface area contributed by atoms with Crippen molar-refractivity contribution in [2.75, 3.05) is 18.9 Å². The first-order valence-corrected chi connectivity index (χ1v) is 6.14. The van der Waals surface area contributed by atoms with Crippen LogP contribution < -0.4 is 11.1 Å². The number of amides is 1. The number of nitrogen functional groups attached to an aromatic ring is 1. The van der Waals surface area contributed by atoms with Gasteiger partial charge in [-0.25, -0.2) is 0 Å². The van der Waals surface area contributed by atoms with E-state index in [4.69, 9.17) is 10.5 Å². The first-order chi connectivity index (χ1) is 8.35. The largest absolute Gasteiger partial charge is 0.398 e. The molecule has 0 aliphatic carbocycles. The van der Waals surface area contributed by atoms with Crippen LogP contribution in [0.15, 0.2) is 18.2 Å². The Kier molecular flexibility index (Phi) is 4.73. The normalized spacial score (nSPS) is 11.3. The van der Waals surface area contributed by atoms with E-state index in [-0.39, 0.29) is 11.5 Å². The van der Waals surface area contributed by atoms with E-state index in [1.807, 2.05) is 33.8 Å². The number of rotatable bonds is 5. The number of nitrogens with one attached hydrogen (secondary N) is 1. The van der Waals surface area contributed by atoms with Crippen molar-refractivity contribution < 1.29 is 9.53 Å². The molecule has 0 unspecified atom stereocenters. The van der Waals surface area contributed by atoms with Crippen LogP contribution in [0.4, 0.5) is 5.69 Å². The van der Waals surface area contributed by atoms with Gasteiger partial charge in [0.1, 0.15) is 0 Å². The van der Waals surface area contributed by atoms with Crippen molar-refractivity contribution in [3.05, 3.63) is 29.3 Å². The first kappa shape index (κ1) is 14.5. The number of anilines is 1. The quantitative estimate of drug-likeness (QED) is 0.787. The number of nitrogens with two attached hydrogens (primary N) is 1. The van der Waals surface area contributed by atoms with Crippen LogP contribution in [0.5, 0.6) is 0 Å². The van der Waals surface area contributed by atoms with Gasteiger partial charge in [0, 0.05) is 18.8 Å². The third-order valence-corrected chi connectivity index (χ3v) is 2.66. The second-order valence-electron chi connectivity index (χ2n) is 4.97. The maximum absolute atomic E-state index is 12.0. The molecular weight excluding hydrogens is 228 g/mol. The summed E-state index contributed by atoms with van der Waals surface area (Å²) < 4.78 is 5.52. The Morgan fingerprint density at radius 2 is 2.11 bits per heavy atom. The Morgan fingerprint density at radius 3 is 2.67 bits per heavy atom. The van der Waals surface area contributed by atoms with E-state index in [9.17, 15) is 4.79 Å². The zero-order valence-corrected chi connectivity index (χ0v) is 11.5. The minimum Gasteiger partial charge on any atom is -0.398 e. The zero-order valence-electron chi connectivity index (χ0n) is 11.5. The fourth-order valence-electron chi connectivity index (χ4n) is 1.72. The lowest BCUT2D eigenvalue weighted by Crippen LogP contribution is -2.40. The smallest absolute Gasteiger partial charge is 0.253 e. The average molecular weight is 250 g/mol. The maximum atomic E-state index is 12.0. The molecule has 1 aromatic rings. The molecule has 0 aliphatic rings. The van der Waals surface area contributed by atoms with Gasteiger partial charge in [-0.05, 0) is 45.4 Å². The summed E-state index contributed by atoms with van der Waals surface area (Å²) in [5, 5.41) is 2.84. The minimum absolute atomic E-state index is 0.166. The Labute approximate surface area is 109 Å². The number of hydrogen-bond acceptors (Lipinski definition) is 3. The highest BCUT2D eigenvalue weighted by Gasteiger charge is 2.19. The van der Waals surface area contributed by atoms with E-state index < -0.39 is 0 Å². The van der Waals surface area contributed by atoms with Crippen molar-refractivity contribution in [1.82, 2.24) is 5.32 Å². The van der Waals surface area contributed by atoms with E-state index in [2.05, 4.69) is 5.32 Å². The lowest BCUT2D eigenvalue weighted by Gasteiger charge is -2.25. The number of carbonyl (C=O) groups excluding carboxylic acids is 1. The summed E-state index contributed by atoms with van der Waals surface area (Å²) in [4.78, 5) is 12.0. The molecule has 0 saturated heterocycles. The van der Waals surface area contributed by atoms with Gasteiger partial charge in [0.05, 0.1) is 11.2 Å². The Balaban J connectivity index is 2.66. The van der Waals surface area contributed by atoms with Crippen LogP contribution >= 0.6 is 0 Å². The Morgan fingerprint density at radius 1 is 1.44 bits per heavy atom. The van der Waals surface area contributed by atoms with Gasteiger partial charge < -0.3 is 15.8 Å². The molecule has 0 fully saturated rings. The summed E-state index contributed by atoms with van der Waals surface area (Å²) >= 11 is 0. The summed E-state index contributed by atoms with van der Waals surface area (Å²) in [6.07, 6.45) is 0. The molecule has 0 heterocycles. The van der Waals surface area contributed by atoms with Gasteiger partial charge in [0.2, 0.25) is 0 Å².